The first-order valence-corrected chi connectivity index (χ1v) is 4.62. The largest absolute Gasteiger partial charge is 0.379 e. The fraction of sp³-hybridized carbons (Fsp3) is 0.455. The van der Waals surface area contributed by atoms with Crippen molar-refractivity contribution in [2.75, 3.05) is 13.2 Å². The summed E-state index contributed by atoms with van der Waals surface area (Å²) in [6, 6.07) is 8.51. The summed E-state index contributed by atoms with van der Waals surface area (Å²) >= 11 is 0. The summed E-state index contributed by atoms with van der Waals surface area (Å²) in [4.78, 5) is 0. The molecule has 0 saturated carbocycles. The average molecular weight is 177 g/mol. The molecule has 70 valence electrons. The van der Waals surface area contributed by atoms with Crippen LogP contribution in [0.3, 0.4) is 0 Å². The van der Waals surface area contributed by atoms with E-state index in [1.807, 2.05) is 0 Å². The average Bonchev–Trinajstić information content (AvgIpc) is 2.14. The fourth-order valence-corrected chi connectivity index (χ4v) is 1.62. The van der Waals surface area contributed by atoms with E-state index < -0.39 is 0 Å². The van der Waals surface area contributed by atoms with Crippen molar-refractivity contribution in [2.24, 2.45) is 5.73 Å². The zero-order chi connectivity index (χ0) is 9.31. The number of hydrogen-bond acceptors (Lipinski definition) is 2. The van der Waals surface area contributed by atoms with Crippen LogP contribution < -0.4 is 5.73 Å². The number of ether oxygens (including phenoxy) is 1. The van der Waals surface area contributed by atoms with Crippen molar-refractivity contribution in [3.8, 4) is 0 Å². The predicted molar refractivity (Wildman–Crippen MR) is 52.5 cm³/mol. The highest BCUT2D eigenvalue weighted by Crippen LogP contribution is 2.31. The minimum Gasteiger partial charge on any atom is -0.379 e. The van der Waals surface area contributed by atoms with Gasteiger partial charge in [-0.1, -0.05) is 31.2 Å². The summed E-state index contributed by atoms with van der Waals surface area (Å²) < 4.78 is 5.22. The predicted octanol–water partition coefficient (Wildman–Crippen LogP) is 1.43. The van der Waals surface area contributed by atoms with Gasteiger partial charge in [-0.25, -0.2) is 0 Å². The van der Waals surface area contributed by atoms with E-state index in [1.165, 1.54) is 11.1 Å². The molecular formula is C11H15NO. The number of nitrogens with two attached hydrogens (primary N) is 1. The topological polar surface area (TPSA) is 35.2 Å². The fourth-order valence-electron chi connectivity index (χ4n) is 1.62. The minimum absolute atomic E-state index is 0.243. The molecule has 0 atom stereocenters. The molecule has 1 aliphatic rings. The maximum atomic E-state index is 5.53. The van der Waals surface area contributed by atoms with Crippen molar-refractivity contribution in [1.82, 2.24) is 0 Å². The van der Waals surface area contributed by atoms with E-state index in [2.05, 4.69) is 31.2 Å². The summed E-state index contributed by atoms with van der Waals surface area (Å²) in [7, 11) is 0. The van der Waals surface area contributed by atoms with Crippen molar-refractivity contribution in [2.45, 2.75) is 18.9 Å². The smallest absolute Gasteiger partial charge is 0.0582 e. The Morgan fingerprint density at radius 3 is 2.31 bits per heavy atom. The molecule has 0 aliphatic carbocycles. The lowest BCUT2D eigenvalue weighted by Crippen LogP contribution is -2.43. The van der Waals surface area contributed by atoms with Crippen molar-refractivity contribution < 1.29 is 4.74 Å². The van der Waals surface area contributed by atoms with E-state index in [1.54, 1.807) is 0 Å². The van der Waals surface area contributed by atoms with Crippen LogP contribution in [0.4, 0.5) is 0 Å². The van der Waals surface area contributed by atoms with Crippen molar-refractivity contribution in [3.05, 3.63) is 35.4 Å². The van der Waals surface area contributed by atoms with Gasteiger partial charge in [0, 0.05) is 12.0 Å². The second kappa shape index (κ2) is 3.13. The maximum absolute atomic E-state index is 5.53. The van der Waals surface area contributed by atoms with Gasteiger partial charge in [0.15, 0.2) is 0 Å². The Hall–Kier alpha value is -0.860. The molecule has 2 rings (SSSR count). The van der Waals surface area contributed by atoms with Crippen LogP contribution in [0.1, 0.15) is 18.1 Å². The molecule has 1 fully saturated rings. The van der Waals surface area contributed by atoms with Crippen molar-refractivity contribution in [3.63, 3.8) is 0 Å². The molecule has 1 saturated heterocycles. The van der Waals surface area contributed by atoms with E-state index in [0.717, 1.165) is 13.2 Å². The van der Waals surface area contributed by atoms with Gasteiger partial charge in [0.05, 0.1) is 13.2 Å². The van der Waals surface area contributed by atoms with E-state index >= 15 is 0 Å². The molecule has 1 aliphatic heterocycles. The van der Waals surface area contributed by atoms with Crippen LogP contribution in [0.25, 0.3) is 0 Å². The Kier molecular flexibility index (Phi) is 2.10. The van der Waals surface area contributed by atoms with Crippen LogP contribution in [0.15, 0.2) is 24.3 Å². The van der Waals surface area contributed by atoms with Gasteiger partial charge in [-0.2, -0.15) is 0 Å². The van der Waals surface area contributed by atoms with Gasteiger partial charge >= 0.3 is 0 Å². The Labute approximate surface area is 78.7 Å². The van der Waals surface area contributed by atoms with Crippen LogP contribution in [-0.4, -0.2) is 13.2 Å². The lowest BCUT2D eigenvalue weighted by atomic mass is 9.80. The first kappa shape index (κ1) is 8.73. The van der Waals surface area contributed by atoms with Gasteiger partial charge in [-0.05, 0) is 11.1 Å². The highest BCUT2D eigenvalue weighted by Gasteiger charge is 2.34. The molecule has 1 aromatic carbocycles. The van der Waals surface area contributed by atoms with Crippen LogP contribution in [0.5, 0.6) is 0 Å². The maximum Gasteiger partial charge on any atom is 0.0582 e. The molecule has 1 aromatic rings. The Balaban J connectivity index is 2.22. The summed E-state index contributed by atoms with van der Waals surface area (Å²) in [6.45, 7) is 4.53. The number of hydrogen-bond donors (Lipinski definition) is 1. The third-order valence-corrected chi connectivity index (χ3v) is 2.73. The lowest BCUT2D eigenvalue weighted by Gasteiger charge is -2.38. The molecular weight excluding hydrogens is 162 g/mol. The Morgan fingerprint density at radius 2 is 1.92 bits per heavy atom. The van der Waals surface area contributed by atoms with Crippen molar-refractivity contribution >= 4 is 0 Å². The highest BCUT2D eigenvalue weighted by molar-refractivity contribution is 5.30. The van der Waals surface area contributed by atoms with Gasteiger partial charge in [0.2, 0.25) is 0 Å². The van der Waals surface area contributed by atoms with E-state index in [0.29, 0.717) is 6.54 Å². The SMILES string of the molecule is CC1(c2ccc(CN)cc2)COC1. The summed E-state index contributed by atoms with van der Waals surface area (Å²) in [6.07, 6.45) is 0. The number of rotatable bonds is 2. The van der Waals surface area contributed by atoms with Gasteiger partial charge < -0.3 is 10.5 Å². The molecule has 0 unspecified atom stereocenters. The third kappa shape index (κ3) is 1.47. The molecule has 13 heavy (non-hydrogen) atoms. The summed E-state index contributed by atoms with van der Waals surface area (Å²) in [5.74, 6) is 0. The molecule has 0 radical (unpaired) electrons. The van der Waals surface area contributed by atoms with Gasteiger partial charge in [0.25, 0.3) is 0 Å². The lowest BCUT2D eigenvalue weighted by molar-refractivity contribution is -0.0500. The zero-order valence-electron chi connectivity index (χ0n) is 7.92. The molecule has 0 bridgehead atoms. The minimum atomic E-state index is 0.243. The third-order valence-electron chi connectivity index (χ3n) is 2.73. The van der Waals surface area contributed by atoms with Crippen molar-refractivity contribution in [1.29, 1.82) is 0 Å². The monoisotopic (exact) mass is 177 g/mol. The highest BCUT2D eigenvalue weighted by atomic mass is 16.5. The van der Waals surface area contributed by atoms with Gasteiger partial charge in [0.1, 0.15) is 0 Å². The molecule has 2 nitrogen and oxygen atoms in total. The Morgan fingerprint density at radius 1 is 1.31 bits per heavy atom. The summed E-state index contributed by atoms with van der Waals surface area (Å²) in [5, 5.41) is 0. The first-order valence-electron chi connectivity index (χ1n) is 4.62. The van der Waals surface area contributed by atoms with E-state index in [4.69, 9.17) is 10.5 Å². The zero-order valence-corrected chi connectivity index (χ0v) is 7.92. The standard InChI is InChI=1S/C11H15NO/c1-11(7-13-8-11)10-4-2-9(6-12)3-5-10/h2-5H,6-8,12H2,1H3. The van der Waals surface area contributed by atoms with Crippen LogP contribution >= 0.6 is 0 Å². The molecule has 2 N–H and O–H groups in total. The quantitative estimate of drug-likeness (QED) is 0.741. The van der Waals surface area contributed by atoms with Gasteiger partial charge in [-0.15, -0.1) is 0 Å². The van der Waals surface area contributed by atoms with Gasteiger partial charge in [-0.3, -0.25) is 0 Å². The first-order chi connectivity index (χ1) is 6.24. The molecule has 1 heterocycles. The van der Waals surface area contributed by atoms with Crippen LogP contribution in [0.2, 0.25) is 0 Å². The normalized spacial score (nSPS) is 19.5. The second-order valence-corrected chi connectivity index (χ2v) is 3.95. The molecule has 0 aromatic heterocycles. The van der Waals surface area contributed by atoms with E-state index in [-0.39, 0.29) is 5.41 Å². The Bertz CT molecular complexity index is 287. The molecule has 2 heteroatoms. The molecule has 0 spiro atoms. The number of benzene rings is 1. The second-order valence-electron chi connectivity index (χ2n) is 3.95. The van der Waals surface area contributed by atoms with Crippen LogP contribution in [0, 0.1) is 0 Å². The van der Waals surface area contributed by atoms with E-state index in [9.17, 15) is 0 Å². The van der Waals surface area contributed by atoms with Crippen LogP contribution in [-0.2, 0) is 16.7 Å². The molecule has 0 amide bonds. The summed E-state index contributed by atoms with van der Waals surface area (Å²) in [5.41, 5.74) is 8.32.